The zero-order chi connectivity index (χ0) is 16.9. The minimum Gasteiger partial charge on any atom is -0.373 e. The number of nitrogens with one attached hydrogen (secondary N) is 2. The van der Waals surface area contributed by atoms with Gasteiger partial charge in [-0.3, -0.25) is 9.67 Å². The molecule has 23 heavy (non-hydrogen) atoms. The molecule has 0 aromatic carbocycles. The number of guanidine groups is 1. The summed E-state index contributed by atoms with van der Waals surface area (Å²) in [5.74, 6) is 0.815. The molecule has 2 N–H and O–H groups in total. The number of ether oxygens (including phenoxy) is 1. The van der Waals surface area contributed by atoms with Crippen molar-refractivity contribution in [3.63, 3.8) is 0 Å². The summed E-state index contributed by atoms with van der Waals surface area (Å²) in [5, 5.41) is 11.4. The van der Waals surface area contributed by atoms with Gasteiger partial charge in [0.05, 0.1) is 11.3 Å². The van der Waals surface area contributed by atoms with Crippen LogP contribution in [-0.2, 0) is 31.2 Å². The fraction of sp³-hybridized carbons (Fsp3) is 0.765. The maximum Gasteiger partial charge on any atom is 0.191 e. The first-order chi connectivity index (χ1) is 11.0. The normalized spacial score (nSPS) is 21.7. The second kappa shape index (κ2) is 7.81. The van der Waals surface area contributed by atoms with E-state index in [9.17, 15) is 0 Å². The Morgan fingerprint density at radius 1 is 1.35 bits per heavy atom. The topological polar surface area (TPSA) is 63.5 Å². The van der Waals surface area contributed by atoms with E-state index in [0.29, 0.717) is 0 Å². The molecule has 0 aliphatic carbocycles. The van der Waals surface area contributed by atoms with Gasteiger partial charge in [0.2, 0.25) is 0 Å². The second-order valence-corrected chi connectivity index (χ2v) is 6.38. The molecule has 130 valence electrons. The largest absolute Gasteiger partial charge is 0.373 e. The molecule has 0 spiro atoms. The molecule has 1 aliphatic heterocycles. The maximum absolute atomic E-state index is 5.82. The summed E-state index contributed by atoms with van der Waals surface area (Å²) in [6.45, 7) is 8.87. The average Bonchev–Trinajstić information content (AvgIpc) is 3.11. The van der Waals surface area contributed by atoms with Gasteiger partial charge in [-0.15, -0.1) is 0 Å². The highest BCUT2D eigenvalue weighted by molar-refractivity contribution is 5.79. The number of aromatic nitrogens is 2. The first-order valence-corrected chi connectivity index (χ1v) is 8.65. The van der Waals surface area contributed by atoms with Crippen LogP contribution in [0.4, 0.5) is 0 Å². The minimum absolute atomic E-state index is 0.0743. The number of aliphatic imine (C=N–C) groups is 1. The molecule has 0 amide bonds. The number of aryl methyl sites for hydroxylation is 2. The molecular weight excluding hydrogens is 290 g/mol. The summed E-state index contributed by atoms with van der Waals surface area (Å²) in [7, 11) is 3.82. The van der Waals surface area contributed by atoms with E-state index < -0.39 is 0 Å². The Labute approximate surface area is 139 Å². The molecule has 0 bridgehead atoms. The molecule has 1 atom stereocenters. The zero-order valence-corrected chi connectivity index (χ0v) is 15.2. The van der Waals surface area contributed by atoms with Crippen LogP contribution in [0.25, 0.3) is 0 Å². The van der Waals surface area contributed by atoms with Crippen LogP contribution in [0, 0.1) is 0 Å². The molecule has 1 aromatic heterocycles. The molecule has 1 fully saturated rings. The molecule has 1 aromatic rings. The van der Waals surface area contributed by atoms with Gasteiger partial charge in [-0.2, -0.15) is 5.10 Å². The third-order valence-corrected chi connectivity index (χ3v) is 4.61. The van der Waals surface area contributed by atoms with E-state index >= 15 is 0 Å². The summed E-state index contributed by atoms with van der Waals surface area (Å²) in [5.41, 5.74) is 3.67. The summed E-state index contributed by atoms with van der Waals surface area (Å²) < 4.78 is 7.82. The third-order valence-electron chi connectivity index (χ3n) is 4.61. The Bertz CT molecular complexity index is 543. The molecule has 2 heterocycles. The van der Waals surface area contributed by atoms with E-state index in [1.807, 2.05) is 11.7 Å². The standard InChI is InChI=1S/C17H31N5O/c1-6-14-13(15(7-2)22(5)21-14)11-19-16(18-4)20-12-17(3)9-8-10-23-17/h6-12H2,1-5H3,(H2,18,19,20). The van der Waals surface area contributed by atoms with Gasteiger partial charge in [-0.05, 0) is 32.6 Å². The van der Waals surface area contributed by atoms with Crippen molar-refractivity contribution in [2.75, 3.05) is 20.2 Å². The van der Waals surface area contributed by atoms with Crippen molar-refractivity contribution in [1.82, 2.24) is 20.4 Å². The van der Waals surface area contributed by atoms with E-state index in [1.165, 1.54) is 17.0 Å². The summed E-state index contributed by atoms with van der Waals surface area (Å²) in [4.78, 5) is 4.32. The molecule has 2 rings (SSSR count). The zero-order valence-electron chi connectivity index (χ0n) is 15.2. The van der Waals surface area contributed by atoms with E-state index in [-0.39, 0.29) is 5.60 Å². The Balaban J connectivity index is 1.95. The van der Waals surface area contributed by atoms with Gasteiger partial charge >= 0.3 is 0 Å². The minimum atomic E-state index is -0.0743. The van der Waals surface area contributed by atoms with Gasteiger partial charge in [-0.25, -0.2) is 0 Å². The van der Waals surface area contributed by atoms with E-state index in [1.54, 1.807) is 7.05 Å². The summed E-state index contributed by atoms with van der Waals surface area (Å²) >= 11 is 0. The number of nitrogens with zero attached hydrogens (tertiary/aromatic N) is 3. The lowest BCUT2D eigenvalue weighted by molar-refractivity contribution is 0.0243. The van der Waals surface area contributed by atoms with Crippen LogP contribution in [0.5, 0.6) is 0 Å². The van der Waals surface area contributed by atoms with Gasteiger partial charge in [-0.1, -0.05) is 13.8 Å². The number of hydrogen-bond donors (Lipinski definition) is 2. The Kier molecular flexibility index (Phi) is 6.04. The molecule has 1 aliphatic rings. The molecular formula is C17H31N5O. The first-order valence-electron chi connectivity index (χ1n) is 8.65. The van der Waals surface area contributed by atoms with Crippen molar-refractivity contribution in [2.45, 2.75) is 58.6 Å². The molecule has 6 heteroatoms. The highest BCUT2D eigenvalue weighted by atomic mass is 16.5. The quantitative estimate of drug-likeness (QED) is 0.619. The first kappa shape index (κ1) is 17.8. The fourth-order valence-electron chi connectivity index (χ4n) is 3.23. The predicted molar refractivity (Wildman–Crippen MR) is 93.8 cm³/mol. The molecule has 0 saturated carbocycles. The Hall–Kier alpha value is -1.56. The number of hydrogen-bond acceptors (Lipinski definition) is 3. The third kappa shape index (κ3) is 4.25. The van der Waals surface area contributed by atoms with Crippen LogP contribution in [0.15, 0.2) is 4.99 Å². The summed E-state index contributed by atoms with van der Waals surface area (Å²) in [6.07, 6.45) is 4.17. The van der Waals surface area contributed by atoms with Gasteiger partial charge < -0.3 is 15.4 Å². The molecule has 0 radical (unpaired) electrons. The van der Waals surface area contributed by atoms with Gasteiger partial charge in [0.25, 0.3) is 0 Å². The van der Waals surface area contributed by atoms with Crippen molar-refractivity contribution in [3.05, 3.63) is 17.0 Å². The predicted octanol–water partition coefficient (Wildman–Crippen LogP) is 1.78. The highest BCUT2D eigenvalue weighted by Gasteiger charge is 2.29. The smallest absolute Gasteiger partial charge is 0.191 e. The van der Waals surface area contributed by atoms with Crippen molar-refractivity contribution >= 4 is 5.96 Å². The highest BCUT2D eigenvalue weighted by Crippen LogP contribution is 2.23. The van der Waals surface area contributed by atoms with Crippen LogP contribution in [0.1, 0.15) is 50.6 Å². The Morgan fingerprint density at radius 3 is 2.70 bits per heavy atom. The monoisotopic (exact) mass is 321 g/mol. The van der Waals surface area contributed by atoms with Gasteiger partial charge in [0.15, 0.2) is 5.96 Å². The van der Waals surface area contributed by atoms with Gasteiger partial charge in [0.1, 0.15) is 0 Å². The van der Waals surface area contributed by atoms with Crippen molar-refractivity contribution in [1.29, 1.82) is 0 Å². The van der Waals surface area contributed by atoms with Crippen molar-refractivity contribution < 1.29 is 4.74 Å². The van der Waals surface area contributed by atoms with Crippen LogP contribution >= 0.6 is 0 Å². The average molecular weight is 321 g/mol. The molecule has 1 saturated heterocycles. The van der Waals surface area contributed by atoms with Crippen LogP contribution in [0.3, 0.4) is 0 Å². The van der Waals surface area contributed by atoms with Crippen molar-refractivity contribution in [2.24, 2.45) is 12.0 Å². The fourth-order valence-corrected chi connectivity index (χ4v) is 3.23. The van der Waals surface area contributed by atoms with Crippen LogP contribution < -0.4 is 10.6 Å². The van der Waals surface area contributed by atoms with Crippen LogP contribution in [-0.4, -0.2) is 41.5 Å². The van der Waals surface area contributed by atoms with E-state index in [2.05, 4.69) is 41.5 Å². The maximum atomic E-state index is 5.82. The molecule has 1 unspecified atom stereocenters. The van der Waals surface area contributed by atoms with Gasteiger partial charge in [0, 0.05) is 45.0 Å². The van der Waals surface area contributed by atoms with E-state index in [0.717, 1.165) is 51.3 Å². The number of rotatable bonds is 6. The van der Waals surface area contributed by atoms with Crippen LogP contribution in [0.2, 0.25) is 0 Å². The second-order valence-electron chi connectivity index (χ2n) is 6.38. The SMILES string of the molecule is CCc1nn(C)c(CC)c1CNC(=NC)NCC1(C)CCCO1. The van der Waals surface area contributed by atoms with Crippen molar-refractivity contribution in [3.8, 4) is 0 Å². The Morgan fingerprint density at radius 2 is 2.13 bits per heavy atom. The lowest BCUT2D eigenvalue weighted by atomic mass is 10.0. The molecule has 6 nitrogen and oxygen atoms in total. The lowest BCUT2D eigenvalue weighted by Gasteiger charge is -2.24. The summed E-state index contributed by atoms with van der Waals surface area (Å²) in [6, 6.07) is 0. The lowest BCUT2D eigenvalue weighted by Crippen LogP contribution is -2.45. The van der Waals surface area contributed by atoms with E-state index in [4.69, 9.17) is 4.74 Å².